The van der Waals surface area contributed by atoms with Gasteiger partial charge in [-0.1, -0.05) is 6.42 Å². The number of carbonyl (C=O) groups excluding carboxylic acids is 1. The van der Waals surface area contributed by atoms with Gasteiger partial charge in [-0.25, -0.2) is 9.78 Å². The standard InChI is InChI=1S/C17H16N4OS/c22-17-20-13-9-23-16-15(13)14(5-7-19-16)21(17)11-4-6-18-12(8-11)10-2-1-3-10/h4-8,10,13H,1-3,9H2,(H,20,22). The first-order valence-corrected chi connectivity index (χ1v) is 8.98. The van der Waals surface area contributed by atoms with Crippen molar-refractivity contribution in [3.8, 4) is 0 Å². The first-order valence-electron chi connectivity index (χ1n) is 7.99. The van der Waals surface area contributed by atoms with Gasteiger partial charge in [0.05, 0.1) is 17.4 Å². The molecule has 2 amide bonds. The van der Waals surface area contributed by atoms with Crippen LogP contribution >= 0.6 is 11.8 Å². The molecular weight excluding hydrogens is 308 g/mol. The van der Waals surface area contributed by atoms with Crippen molar-refractivity contribution >= 4 is 29.2 Å². The Labute approximate surface area is 138 Å². The summed E-state index contributed by atoms with van der Waals surface area (Å²) in [4.78, 5) is 23.4. The maximum absolute atomic E-state index is 12.7. The molecule has 1 unspecified atom stereocenters. The molecule has 2 aromatic rings. The second-order valence-corrected chi connectivity index (χ2v) is 7.27. The maximum Gasteiger partial charge on any atom is 0.327 e. The van der Waals surface area contributed by atoms with Gasteiger partial charge in [0.15, 0.2) is 0 Å². The fourth-order valence-corrected chi connectivity index (χ4v) is 4.64. The third-order valence-corrected chi connectivity index (χ3v) is 6.05. The average molecular weight is 324 g/mol. The summed E-state index contributed by atoms with van der Waals surface area (Å²) in [5, 5.41) is 4.14. The van der Waals surface area contributed by atoms with Crippen molar-refractivity contribution in [3.63, 3.8) is 0 Å². The lowest BCUT2D eigenvalue weighted by Gasteiger charge is -2.33. The highest BCUT2D eigenvalue weighted by Gasteiger charge is 2.38. The molecule has 1 N–H and O–H groups in total. The summed E-state index contributed by atoms with van der Waals surface area (Å²) in [6.45, 7) is 0. The number of pyridine rings is 2. The lowest BCUT2D eigenvalue weighted by Crippen LogP contribution is -2.44. The number of hydrogen-bond acceptors (Lipinski definition) is 4. The summed E-state index contributed by atoms with van der Waals surface area (Å²) in [5.74, 6) is 1.41. The van der Waals surface area contributed by atoms with Gasteiger partial charge in [0.2, 0.25) is 0 Å². The highest BCUT2D eigenvalue weighted by molar-refractivity contribution is 7.99. The summed E-state index contributed by atoms with van der Waals surface area (Å²) in [6, 6.07) is 5.94. The molecule has 1 aliphatic carbocycles. The minimum atomic E-state index is -0.0621. The Kier molecular flexibility index (Phi) is 2.88. The van der Waals surface area contributed by atoms with Gasteiger partial charge in [0, 0.05) is 35.3 Å². The zero-order chi connectivity index (χ0) is 15.4. The monoisotopic (exact) mass is 324 g/mol. The van der Waals surface area contributed by atoms with Gasteiger partial charge in [0.25, 0.3) is 0 Å². The Hall–Kier alpha value is -2.08. The largest absolute Gasteiger partial charge is 0.330 e. The second-order valence-electron chi connectivity index (χ2n) is 6.26. The number of nitrogens with zero attached hydrogens (tertiary/aromatic N) is 3. The van der Waals surface area contributed by atoms with Crippen LogP contribution in [0.25, 0.3) is 0 Å². The molecule has 23 heavy (non-hydrogen) atoms. The highest BCUT2D eigenvalue weighted by atomic mass is 32.2. The van der Waals surface area contributed by atoms with E-state index in [0.717, 1.165) is 33.4 Å². The van der Waals surface area contributed by atoms with Crippen molar-refractivity contribution in [2.24, 2.45) is 0 Å². The third kappa shape index (κ3) is 1.97. The molecule has 116 valence electrons. The summed E-state index contributed by atoms with van der Waals surface area (Å²) in [5.41, 5.74) is 4.10. The Morgan fingerprint density at radius 2 is 2.09 bits per heavy atom. The molecule has 4 heterocycles. The van der Waals surface area contributed by atoms with E-state index in [1.165, 1.54) is 19.3 Å². The molecule has 1 atom stereocenters. The lowest BCUT2D eigenvalue weighted by atomic mass is 9.82. The zero-order valence-corrected chi connectivity index (χ0v) is 13.3. The Morgan fingerprint density at radius 3 is 2.91 bits per heavy atom. The second kappa shape index (κ2) is 4.96. The molecule has 0 saturated heterocycles. The Bertz CT molecular complexity index is 805. The SMILES string of the molecule is O=C1NC2CSc3nccc(c32)N1c1ccnc(C2CCC2)c1. The number of urea groups is 1. The molecule has 2 aliphatic heterocycles. The smallest absolute Gasteiger partial charge is 0.327 e. The molecule has 0 bridgehead atoms. The van der Waals surface area contributed by atoms with Crippen LogP contribution in [0.1, 0.15) is 42.5 Å². The molecule has 3 aliphatic rings. The van der Waals surface area contributed by atoms with E-state index in [9.17, 15) is 4.79 Å². The van der Waals surface area contributed by atoms with Crippen LogP contribution in [0.3, 0.4) is 0 Å². The van der Waals surface area contributed by atoms with Crippen molar-refractivity contribution in [2.75, 3.05) is 10.7 Å². The van der Waals surface area contributed by atoms with Crippen molar-refractivity contribution in [3.05, 3.63) is 41.9 Å². The molecular formula is C17H16N4OS. The van der Waals surface area contributed by atoms with Gasteiger partial charge in [-0.3, -0.25) is 9.88 Å². The fourth-order valence-electron chi connectivity index (χ4n) is 3.52. The lowest BCUT2D eigenvalue weighted by molar-refractivity contribution is 0.244. The molecule has 0 spiro atoms. The fraction of sp³-hybridized carbons (Fsp3) is 0.353. The number of hydrogen-bond donors (Lipinski definition) is 1. The first-order chi connectivity index (χ1) is 11.3. The van der Waals surface area contributed by atoms with Gasteiger partial charge < -0.3 is 5.32 Å². The van der Waals surface area contributed by atoms with E-state index in [0.29, 0.717) is 5.92 Å². The van der Waals surface area contributed by atoms with Crippen LogP contribution < -0.4 is 10.2 Å². The minimum absolute atomic E-state index is 0.0621. The topological polar surface area (TPSA) is 58.1 Å². The Balaban J connectivity index is 1.62. The predicted molar refractivity (Wildman–Crippen MR) is 89.2 cm³/mol. The van der Waals surface area contributed by atoms with Crippen LogP contribution in [-0.4, -0.2) is 21.8 Å². The van der Waals surface area contributed by atoms with E-state index < -0.39 is 0 Å². The van der Waals surface area contributed by atoms with Crippen LogP contribution in [0.5, 0.6) is 0 Å². The van der Waals surface area contributed by atoms with Crippen LogP contribution in [0.2, 0.25) is 0 Å². The number of anilines is 2. The predicted octanol–water partition coefficient (Wildman–Crippen LogP) is 3.75. The van der Waals surface area contributed by atoms with Crippen LogP contribution in [-0.2, 0) is 0 Å². The number of thioether (sulfide) groups is 1. The van der Waals surface area contributed by atoms with Crippen molar-refractivity contribution < 1.29 is 4.79 Å². The van der Waals surface area contributed by atoms with E-state index in [2.05, 4.69) is 21.4 Å². The number of rotatable bonds is 2. The van der Waals surface area contributed by atoms with Crippen molar-refractivity contribution in [1.82, 2.24) is 15.3 Å². The number of aromatic nitrogens is 2. The molecule has 1 fully saturated rings. The van der Waals surface area contributed by atoms with Crippen molar-refractivity contribution in [1.29, 1.82) is 0 Å². The van der Waals surface area contributed by atoms with Crippen LogP contribution in [0.15, 0.2) is 35.6 Å². The van der Waals surface area contributed by atoms with E-state index in [-0.39, 0.29) is 12.1 Å². The van der Waals surface area contributed by atoms with Crippen molar-refractivity contribution in [2.45, 2.75) is 36.2 Å². The van der Waals surface area contributed by atoms with Gasteiger partial charge in [0.1, 0.15) is 5.03 Å². The zero-order valence-electron chi connectivity index (χ0n) is 12.5. The van der Waals surface area contributed by atoms with E-state index in [4.69, 9.17) is 0 Å². The number of nitrogens with one attached hydrogen (secondary N) is 1. The molecule has 0 aromatic carbocycles. The molecule has 5 nitrogen and oxygen atoms in total. The van der Waals surface area contributed by atoms with E-state index >= 15 is 0 Å². The number of amides is 2. The normalized spacial score (nSPS) is 22.5. The van der Waals surface area contributed by atoms with E-state index in [1.54, 1.807) is 22.9 Å². The van der Waals surface area contributed by atoms with Crippen LogP contribution in [0.4, 0.5) is 16.2 Å². The molecule has 0 radical (unpaired) electrons. The van der Waals surface area contributed by atoms with Gasteiger partial charge in [-0.05, 0) is 31.0 Å². The van der Waals surface area contributed by atoms with Gasteiger partial charge >= 0.3 is 6.03 Å². The van der Waals surface area contributed by atoms with E-state index in [1.807, 2.05) is 18.3 Å². The van der Waals surface area contributed by atoms with Crippen LogP contribution in [0, 0.1) is 0 Å². The minimum Gasteiger partial charge on any atom is -0.330 e. The van der Waals surface area contributed by atoms with Gasteiger partial charge in [-0.2, -0.15) is 0 Å². The molecule has 1 saturated carbocycles. The molecule has 2 aromatic heterocycles. The molecule has 6 heteroatoms. The Morgan fingerprint density at radius 1 is 1.22 bits per heavy atom. The highest BCUT2D eigenvalue weighted by Crippen LogP contribution is 2.46. The maximum atomic E-state index is 12.7. The van der Waals surface area contributed by atoms with Gasteiger partial charge in [-0.15, -0.1) is 11.8 Å². The summed E-state index contributed by atoms with van der Waals surface area (Å²) >= 11 is 1.71. The molecule has 5 rings (SSSR count). The third-order valence-electron chi connectivity index (χ3n) is 4.95. The summed E-state index contributed by atoms with van der Waals surface area (Å²) < 4.78 is 0. The summed E-state index contributed by atoms with van der Waals surface area (Å²) in [7, 11) is 0. The summed E-state index contributed by atoms with van der Waals surface area (Å²) in [6.07, 6.45) is 7.29. The quantitative estimate of drug-likeness (QED) is 0.914. The average Bonchev–Trinajstić information content (AvgIpc) is 2.90. The first kappa shape index (κ1) is 13.4. The number of carbonyl (C=O) groups is 1.